The molecule has 0 bridgehead atoms. The third-order valence-electron chi connectivity index (χ3n) is 3.37. The van der Waals surface area contributed by atoms with Gasteiger partial charge in [0, 0.05) is 25.5 Å². The molecule has 2 aromatic carbocycles. The Morgan fingerprint density at radius 2 is 1.75 bits per heavy atom. The van der Waals surface area contributed by atoms with Crippen LogP contribution in [0.2, 0.25) is 0 Å². The van der Waals surface area contributed by atoms with Gasteiger partial charge in [-0.3, -0.25) is 4.57 Å². The van der Waals surface area contributed by atoms with Crippen LogP contribution in [-0.4, -0.2) is 23.6 Å². The molecule has 3 nitrogen and oxygen atoms in total. The Bertz CT molecular complexity index is 729. The Labute approximate surface area is 123 Å². The van der Waals surface area contributed by atoms with Crippen molar-refractivity contribution < 1.29 is 0 Å². The van der Waals surface area contributed by atoms with Crippen molar-refractivity contribution in [2.75, 3.05) is 19.0 Å². The first-order valence-electron chi connectivity index (χ1n) is 6.51. The Morgan fingerprint density at radius 1 is 1.05 bits per heavy atom. The molecule has 4 heteroatoms. The van der Waals surface area contributed by atoms with E-state index in [9.17, 15) is 0 Å². The molecule has 102 valence electrons. The van der Waals surface area contributed by atoms with Crippen LogP contribution in [0.15, 0.2) is 48.5 Å². The summed E-state index contributed by atoms with van der Waals surface area (Å²) in [5.41, 5.74) is 4.31. The molecule has 0 aliphatic heterocycles. The highest BCUT2D eigenvalue weighted by Crippen LogP contribution is 2.24. The number of halogens is 1. The van der Waals surface area contributed by atoms with Crippen molar-refractivity contribution in [1.29, 1.82) is 0 Å². The van der Waals surface area contributed by atoms with E-state index in [0.717, 1.165) is 22.5 Å². The maximum Gasteiger partial charge on any atom is 0.129 e. The van der Waals surface area contributed by atoms with E-state index in [-0.39, 0.29) is 0 Å². The largest absolute Gasteiger partial charge is 0.378 e. The normalized spacial score (nSPS) is 10.9. The van der Waals surface area contributed by atoms with Gasteiger partial charge < -0.3 is 4.90 Å². The summed E-state index contributed by atoms with van der Waals surface area (Å²) < 4.78 is 2.11. The number of para-hydroxylation sites is 2. The topological polar surface area (TPSA) is 21.1 Å². The van der Waals surface area contributed by atoms with E-state index < -0.39 is 0 Å². The van der Waals surface area contributed by atoms with E-state index in [0.29, 0.717) is 5.88 Å². The molecule has 0 saturated heterocycles. The lowest BCUT2D eigenvalue weighted by atomic mass is 10.2. The van der Waals surface area contributed by atoms with Gasteiger partial charge in [0.1, 0.15) is 5.82 Å². The highest BCUT2D eigenvalue weighted by Gasteiger charge is 2.11. The summed E-state index contributed by atoms with van der Waals surface area (Å²) in [6.07, 6.45) is 0. The number of rotatable bonds is 3. The average Bonchev–Trinajstić information content (AvgIpc) is 2.85. The molecule has 1 aromatic heterocycles. The zero-order chi connectivity index (χ0) is 14.1. The van der Waals surface area contributed by atoms with E-state index in [1.807, 2.05) is 32.3 Å². The Kier molecular flexibility index (Phi) is 3.36. The van der Waals surface area contributed by atoms with Crippen LogP contribution >= 0.6 is 11.6 Å². The maximum atomic E-state index is 6.04. The predicted molar refractivity (Wildman–Crippen MR) is 85.0 cm³/mol. The van der Waals surface area contributed by atoms with Crippen molar-refractivity contribution in [2.24, 2.45) is 0 Å². The molecule has 0 aliphatic rings. The summed E-state index contributed by atoms with van der Waals surface area (Å²) in [6, 6.07) is 16.5. The molecule has 0 amide bonds. The highest BCUT2D eigenvalue weighted by molar-refractivity contribution is 6.17. The first-order chi connectivity index (χ1) is 9.70. The van der Waals surface area contributed by atoms with Crippen LogP contribution in [-0.2, 0) is 5.88 Å². The molecule has 0 fully saturated rings. The molecular weight excluding hydrogens is 270 g/mol. The monoisotopic (exact) mass is 285 g/mol. The summed E-state index contributed by atoms with van der Waals surface area (Å²) in [5, 5.41) is 0. The molecule has 20 heavy (non-hydrogen) atoms. The smallest absolute Gasteiger partial charge is 0.129 e. The minimum atomic E-state index is 0.393. The number of hydrogen-bond donors (Lipinski definition) is 0. The first kappa shape index (κ1) is 13.0. The molecule has 0 aliphatic carbocycles. The van der Waals surface area contributed by atoms with Crippen LogP contribution < -0.4 is 4.90 Å². The SMILES string of the molecule is CN(C)c1ccc(-n2c(CCl)nc3ccccc32)cc1. The third-order valence-corrected chi connectivity index (χ3v) is 3.61. The van der Waals surface area contributed by atoms with Crippen molar-refractivity contribution in [3.8, 4) is 5.69 Å². The number of nitrogens with zero attached hydrogens (tertiary/aromatic N) is 3. The van der Waals surface area contributed by atoms with Gasteiger partial charge in [-0.15, -0.1) is 11.6 Å². The van der Waals surface area contributed by atoms with Crippen LogP contribution in [0.4, 0.5) is 5.69 Å². The fraction of sp³-hybridized carbons (Fsp3) is 0.188. The van der Waals surface area contributed by atoms with Gasteiger partial charge in [-0.2, -0.15) is 0 Å². The van der Waals surface area contributed by atoms with Gasteiger partial charge in [-0.25, -0.2) is 4.98 Å². The number of hydrogen-bond acceptors (Lipinski definition) is 2. The van der Waals surface area contributed by atoms with Gasteiger partial charge in [0.05, 0.1) is 16.9 Å². The highest BCUT2D eigenvalue weighted by atomic mass is 35.5. The van der Waals surface area contributed by atoms with Gasteiger partial charge in [0.25, 0.3) is 0 Å². The third kappa shape index (κ3) is 2.14. The molecule has 3 rings (SSSR count). The molecule has 0 radical (unpaired) electrons. The first-order valence-corrected chi connectivity index (χ1v) is 7.04. The number of fused-ring (bicyclic) bond motifs is 1. The van der Waals surface area contributed by atoms with Crippen molar-refractivity contribution in [3.63, 3.8) is 0 Å². The zero-order valence-corrected chi connectivity index (χ0v) is 12.3. The molecule has 0 saturated carbocycles. The van der Waals surface area contributed by atoms with E-state index in [1.165, 1.54) is 5.69 Å². The summed E-state index contributed by atoms with van der Waals surface area (Å²) in [5.74, 6) is 1.26. The number of imidazole rings is 1. The van der Waals surface area contributed by atoms with Crippen LogP contribution in [0, 0.1) is 0 Å². The fourth-order valence-electron chi connectivity index (χ4n) is 2.35. The second-order valence-electron chi connectivity index (χ2n) is 4.90. The van der Waals surface area contributed by atoms with Crippen molar-refractivity contribution in [2.45, 2.75) is 5.88 Å². The fourth-order valence-corrected chi connectivity index (χ4v) is 2.53. The average molecular weight is 286 g/mol. The van der Waals surface area contributed by atoms with Gasteiger partial charge in [-0.05, 0) is 36.4 Å². The summed E-state index contributed by atoms with van der Waals surface area (Å²) in [6.45, 7) is 0. The Morgan fingerprint density at radius 3 is 2.40 bits per heavy atom. The molecule has 0 N–H and O–H groups in total. The van der Waals surface area contributed by atoms with Gasteiger partial charge >= 0.3 is 0 Å². The van der Waals surface area contributed by atoms with E-state index in [4.69, 9.17) is 11.6 Å². The van der Waals surface area contributed by atoms with E-state index in [1.54, 1.807) is 0 Å². The summed E-state index contributed by atoms with van der Waals surface area (Å²) in [7, 11) is 4.07. The number of benzene rings is 2. The molecular formula is C16H16ClN3. The van der Waals surface area contributed by atoms with Crippen molar-refractivity contribution in [1.82, 2.24) is 9.55 Å². The lowest BCUT2D eigenvalue weighted by Crippen LogP contribution is -2.08. The quantitative estimate of drug-likeness (QED) is 0.682. The Hall–Kier alpha value is -2.00. The summed E-state index contributed by atoms with van der Waals surface area (Å²) >= 11 is 6.04. The van der Waals surface area contributed by atoms with Gasteiger partial charge in [0.2, 0.25) is 0 Å². The van der Waals surface area contributed by atoms with E-state index in [2.05, 4.69) is 44.8 Å². The minimum absolute atomic E-state index is 0.393. The van der Waals surface area contributed by atoms with Crippen molar-refractivity contribution >= 4 is 28.3 Å². The number of anilines is 1. The number of aromatic nitrogens is 2. The molecule has 0 spiro atoms. The molecule has 1 heterocycles. The second-order valence-corrected chi connectivity index (χ2v) is 5.16. The Balaban J connectivity index is 2.17. The van der Waals surface area contributed by atoms with Crippen LogP contribution in [0.25, 0.3) is 16.7 Å². The second kappa shape index (κ2) is 5.17. The van der Waals surface area contributed by atoms with Gasteiger partial charge in [0.15, 0.2) is 0 Å². The minimum Gasteiger partial charge on any atom is -0.378 e. The summed E-state index contributed by atoms with van der Waals surface area (Å²) in [4.78, 5) is 6.67. The predicted octanol–water partition coefficient (Wildman–Crippen LogP) is 3.83. The van der Waals surface area contributed by atoms with Gasteiger partial charge in [-0.1, -0.05) is 12.1 Å². The molecule has 0 unspecified atom stereocenters. The number of alkyl halides is 1. The van der Waals surface area contributed by atoms with Crippen molar-refractivity contribution in [3.05, 3.63) is 54.4 Å². The van der Waals surface area contributed by atoms with E-state index >= 15 is 0 Å². The standard InChI is InChI=1S/C16H16ClN3/c1-19(2)12-7-9-13(10-8-12)20-15-6-4-3-5-14(15)18-16(20)11-17/h3-10H,11H2,1-2H3. The maximum absolute atomic E-state index is 6.04. The lowest BCUT2D eigenvalue weighted by molar-refractivity contribution is 0.980. The zero-order valence-electron chi connectivity index (χ0n) is 11.5. The van der Waals surface area contributed by atoms with Crippen LogP contribution in [0.1, 0.15) is 5.82 Å². The van der Waals surface area contributed by atoms with Crippen LogP contribution in [0.3, 0.4) is 0 Å². The van der Waals surface area contributed by atoms with Crippen LogP contribution in [0.5, 0.6) is 0 Å². The molecule has 0 atom stereocenters. The lowest BCUT2D eigenvalue weighted by Gasteiger charge is -2.14. The molecule has 3 aromatic rings.